The van der Waals surface area contributed by atoms with Gasteiger partial charge in [0.15, 0.2) is 0 Å². The van der Waals surface area contributed by atoms with Gasteiger partial charge in [-0.05, 0) is 124 Å². The van der Waals surface area contributed by atoms with Crippen LogP contribution in [0, 0.1) is 0 Å². The van der Waals surface area contributed by atoms with Crippen LogP contribution < -0.4 is 0 Å². The molecule has 0 saturated heterocycles. The molecule has 2 aromatic carbocycles. The molecular formula is C47H74N2. The fraction of sp³-hybridized carbons (Fsp3) is 0.660. The molecule has 1 heterocycles. The molecule has 0 amide bonds. The molecule has 0 spiro atoms. The van der Waals surface area contributed by atoms with Gasteiger partial charge in [0.05, 0.1) is 0 Å². The smallest absolute Gasteiger partial charge is 0.211 e. The summed E-state index contributed by atoms with van der Waals surface area (Å²) < 4.78 is 1.68. The van der Waals surface area contributed by atoms with Gasteiger partial charge < -0.3 is 5.53 Å². The van der Waals surface area contributed by atoms with E-state index < -0.39 is 0 Å². The Kier molecular flexibility index (Phi) is 19.9. The van der Waals surface area contributed by atoms with Crippen molar-refractivity contribution in [2.75, 3.05) is 0 Å². The standard InChI is InChI=1S/C47H74N2/c1-7-13-19-20-21-25-31-45-44(30-24-16-10-4)46(42-34-38(26-17-11-5)32-40(36-42)28-22-14-8-2)49(48)47(45)43-35-39(27-18-12-6)33-41(37-43)29-23-15-9-3/h32-37H,7-31H2,1-6H3. The highest BCUT2D eigenvalue weighted by Gasteiger charge is 2.35. The second-order valence-electron chi connectivity index (χ2n) is 15.1. The van der Waals surface area contributed by atoms with E-state index in [1.165, 1.54) is 167 Å². The summed E-state index contributed by atoms with van der Waals surface area (Å²) in [6.45, 7) is 13.8. The number of rotatable bonds is 27. The van der Waals surface area contributed by atoms with Gasteiger partial charge in [0.2, 0.25) is 11.4 Å². The molecule has 49 heavy (non-hydrogen) atoms. The molecule has 272 valence electrons. The number of unbranched alkanes of at least 4 members (excludes halogenated alkanes) is 13. The molecule has 2 nitrogen and oxygen atoms in total. The molecule has 0 radical (unpaired) electrons. The van der Waals surface area contributed by atoms with E-state index in [9.17, 15) is 5.53 Å². The van der Waals surface area contributed by atoms with Gasteiger partial charge in [0, 0.05) is 22.3 Å². The monoisotopic (exact) mass is 667 g/mol. The average molecular weight is 667 g/mol. The van der Waals surface area contributed by atoms with E-state index in [1.54, 1.807) is 4.70 Å². The van der Waals surface area contributed by atoms with Gasteiger partial charge in [-0.25, -0.2) is 4.70 Å². The van der Waals surface area contributed by atoms with Crippen LogP contribution in [0.4, 0.5) is 0 Å². The van der Waals surface area contributed by atoms with Crippen molar-refractivity contribution in [3.63, 3.8) is 0 Å². The highest BCUT2D eigenvalue weighted by molar-refractivity contribution is 5.82. The maximum Gasteiger partial charge on any atom is 0.211 e. The Labute approximate surface area is 303 Å². The molecule has 0 aliphatic carbocycles. The van der Waals surface area contributed by atoms with Crippen LogP contribution in [0.1, 0.15) is 210 Å². The summed E-state index contributed by atoms with van der Waals surface area (Å²) in [7, 11) is 0. The molecule has 0 fully saturated rings. The minimum atomic E-state index is 1.04. The Morgan fingerprint density at radius 2 is 0.633 bits per heavy atom. The topological polar surface area (TPSA) is 25.3 Å². The van der Waals surface area contributed by atoms with Crippen molar-refractivity contribution < 1.29 is 4.70 Å². The van der Waals surface area contributed by atoms with Crippen molar-refractivity contribution >= 4 is 11.4 Å². The number of hydrogen-bond acceptors (Lipinski definition) is 0. The van der Waals surface area contributed by atoms with Gasteiger partial charge in [-0.1, -0.05) is 137 Å². The third-order valence-corrected chi connectivity index (χ3v) is 10.6. The zero-order chi connectivity index (χ0) is 35.3. The lowest BCUT2D eigenvalue weighted by Crippen LogP contribution is -2.05. The molecule has 1 aliphatic rings. The van der Waals surface area contributed by atoms with Crippen molar-refractivity contribution in [3.05, 3.63) is 86.5 Å². The minimum Gasteiger partial charge on any atom is -0.493 e. The Balaban J connectivity index is 2.19. The number of aryl methyl sites for hydroxylation is 4. The Hall–Kier alpha value is -2.48. The summed E-state index contributed by atoms with van der Waals surface area (Å²) >= 11 is 0. The SMILES string of the molecule is CCCCCCCCC1=C(c2cc(CCCC)cc(CCCCC)c2)[N+](=[N-])C(c2cc(CCCC)cc(CCCCC)c2)=C1CCCCC. The first-order valence-electron chi connectivity index (χ1n) is 21.2. The van der Waals surface area contributed by atoms with Gasteiger partial charge in [0.25, 0.3) is 0 Å². The first-order chi connectivity index (χ1) is 24.0. The predicted molar refractivity (Wildman–Crippen MR) is 216 cm³/mol. The molecule has 0 unspecified atom stereocenters. The second kappa shape index (κ2) is 23.8. The Morgan fingerprint density at radius 1 is 0.347 bits per heavy atom. The van der Waals surface area contributed by atoms with E-state index in [1.807, 2.05) is 0 Å². The van der Waals surface area contributed by atoms with Crippen molar-refractivity contribution in [1.29, 1.82) is 0 Å². The van der Waals surface area contributed by atoms with E-state index in [-0.39, 0.29) is 0 Å². The van der Waals surface area contributed by atoms with E-state index in [4.69, 9.17) is 0 Å². The molecule has 2 heteroatoms. The van der Waals surface area contributed by atoms with Crippen LogP contribution in [0.15, 0.2) is 47.5 Å². The summed E-state index contributed by atoms with van der Waals surface area (Å²) in [6, 6.07) is 14.7. The summed E-state index contributed by atoms with van der Waals surface area (Å²) in [6.07, 6.45) is 30.2. The maximum absolute atomic E-state index is 12.6. The Morgan fingerprint density at radius 3 is 1.02 bits per heavy atom. The average Bonchev–Trinajstić information content (AvgIpc) is 3.38. The van der Waals surface area contributed by atoms with Crippen LogP contribution in [-0.4, -0.2) is 4.70 Å². The molecule has 0 saturated carbocycles. The zero-order valence-electron chi connectivity index (χ0n) is 33.0. The molecular weight excluding hydrogens is 593 g/mol. The van der Waals surface area contributed by atoms with Crippen molar-refractivity contribution in [1.82, 2.24) is 0 Å². The third-order valence-electron chi connectivity index (χ3n) is 10.6. The van der Waals surface area contributed by atoms with Gasteiger partial charge in [-0.3, -0.25) is 0 Å². The fourth-order valence-corrected chi connectivity index (χ4v) is 7.71. The number of allylic oxidation sites excluding steroid dienone is 2. The zero-order valence-corrected chi connectivity index (χ0v) is 33.0. The van der Waals surface area contributed by atoms with Crippen molar-refractivity contribution in [2.45, 2.75) is 202 Å². The molecule has 0 bridgehead atoms. The lowest BCUT2D eigenvalue weighted by Gasteiger charge is -2.15. The van der Waals surface area contributed by atoms with Crippen LogP contribution in [0.5, 0.6) is 0 Å². The second-order valence-corrected chi connectivity index (χ2v) is 15.1. The molecule has 2 aromatic rings. The van der Waals surface area contributed by atoms with Crippen LogP contribution in [0.2, 0.25) is 0 Å². The molecule has 0 atom stereocenters. The molecule has 0 N–H and O–H groups in total. The van der Waals surface area contributed by atoms with E-state index >= 15 is 0 Å². The fourth-order valence-electron chi connectivity index (χ4n) is 7.71. The van der Waals surface area contributed by atoms with E-state index in [0.717, 1.165) is 49.9 Å². The third kappa shape index (κ3) is 13.3. The summed E-state index contributed by atoms with van der Waals surface area (Å²) in [5.74, 6) is 0. The van der Waals surface area contributed by atoms with Crippen LogP contribution >= 0.6 is 0 Å². The lowest BCUT2D eigenvalue weighted by molar-refractivity contribution is -0.345. The highest BCUT2D eigenvalue weighted by Crippen LogP contribution is 2.45. The Bertz CT molecular complexity index is 1330. The van der Waals surface area contributed by atoms with Crippen LogP contribution in [0.25, 0.3) is 16.9 Å². The van der Waals surface area contributed by atoms with Gasteiger partial charge in [-0.2, -0.15) is 0 Å². The maximum atomic E-state index is 12.6. The predicted octanol–water partition coefficient (Wildman–Crippen LogP) is 15.3. The first kappa shape index (κ1) is 40.9. The molecule has 0 aromatic heterocycles. The summed E-state index contributed by atoms with van der Waals surface area (Å²) in [4.78, 5) is 0. The minimum absolute atomic E-state index is 1.04. The number of benzene rings is 2. The van der Waals surface area contributed by atoms with Crippen molar-refractivity contribution in [3.8, 4) is 0 Å². The number of nitrogens with zero attached hydrogens (tertiary/aromatic N) is 2. The highest BCUT2D eigenvalue weighted by atomic mass is 15.2. The first-order valence-corrected chi connectivity index (χ1v) is 21.2. The molecule has 1 aliphatic heterocycles. The van der Waals surface area contributed by atoms with Gasteiger partial charge in [0.1, 0.15) is 0 Å². The van der Waals surface area contributed by atoms with Crippen molar-refractivity contribution in [2.24, 2.45) is 0 Å². The van der Waals surface area contributed by atoms with Gasteiger partial charge in [-0.15, -0.1) is 0 Å². The largest absolute Gasteiger partial charge is 0.493 e. The molecule has 3 rings (SSSR count). The lowest BCUT2D eigenvalue weighted by atomic mass is 9.89. The van der Waals surface area contributed by atoms with Crippen LogP contribution in [-0.2, 0) is 25.7 Å². The summed E-state index contributed by atoms with van der Waals surface area (Å²) in [5, 5.41) is 0. The van der Waals surface area contributed by atoms with Crippen LogP contribution in [0.3, 0.4) is 0 Å². The normalized spacial score (nSPS) is 13.4. The van der Waals surface area contributed by atoms with E-state index in [2.05, 4.69) is 77.9 Å². The summed E-state index contributed by atoms with van der Waals surface area (Å²) in [5.41, 5.74) is 25.8. The quantitative estimate of drug-likeness (QED) is 0.0670. The number of hydrogen-bond donors (Lipinski definition) is 0. The van der Waals surface area contributed by atoms with E-state index in [0.29, 0.717) is 0 Å². The van der Waals surface area contributed by atoms with Gasteiger partial charge >= 0.3 is 0 Å².